The van der Waals surface area contributed by atoms with Crippen molar-refractivity contribution in [2.24, 2.45) is 0 Å². The molecule has 130 valence electrons. The summed E-state index contributed by atoms with van der Waals surface area (Å²) in [5, 5.41) is 0. The molecule has 1 saturated heterocycles. The first-order chi connectivity index (χ1) is 11.7. The number of amides is 1. The molecule has 1 aliphatic heterocycles. The maximum absolute atomic E-state index is 12.9. The molecule has 2 aliphatic rings. The van der Waals surface area contributed by atoms with Crippen LogP contribution in [-0.2, 0) is 4.74 Å². The van der Waals surface area contributed by atoms with Crippen molar-refractivity contribution in [2.45, 2.75) is 38.2 Å². The lowest BCUT2D eigenvalue weighted by molar-refractivity contribution is 0.0528. The van der Waals surface area contributed by atoms with Gasteiger partial charge in [-0.3, -0.25) is 0 Å². The number of anilines is 1. The molecule has 5 nitrogen and oxygen atoms in total. The zero-order valence-corrected chi connectivity index (χ0v) is 13.9. The standard InChI is InChI=1S/C18H24FN3O2/c19-15-8-9-17(20-14-15)21-10-12-22(13-11-21)18(23)24-16-6-4-2-1-3-5-7-16/h1-2,8-9,14,16H,3-7,10-13H2/b2-1-. The number of rotatable bonds is 2. The van der Waals surface area contributed by atoms with E-state index >= 15 is 0 Å². The van der Waals surface area contributed by atoms with Crippen LogP contribution < -0.4 is 4.90 Å². The lowest BCUT2D eigenvalue weighted by atomic mass is 10.0. The van der Waals surface area contributed by atoms with Gasteiger partial charge in [0.25, 0.3) is 0 Å². The molecule has 6 heteroatoms. The number of hydrogen-bond donors (Lipinski definition) is 0. The summed E-state index contributed by atoms with van der Waals surface area (Å²) < 4.78 is 18.6. The van der Waals surface area contributed by atoms with Crippen molar-refractivity contribution in [1.29, 1.82) is 0 Å². The second kappa shape index (κ2) is 8.13. The van der Waals surface area contributed by atoms with E-state index in [0.29, 0.717) is 26.2 Å². The van der Waals surface area contributed by atoms with Crippen LogP contribution in [0.3, 0.4) is 0 Å². The minimum Gasteiger partial charge on any atom is -0.446 e. The van der Waals surface area contributed by atoms with Crippen LogP contribution in [0.1, 0.15) is 32.1 Å². The molecule has 0 aromatic carbocycles. The molecule has 1 unspecified atom stereocenters. The second-order valence-electron chi connectivity index (χ2n) is 6.29. The third-order valence-corrected chi connectivity index (χ3v) is 4.56. The van der Waals surface area contributed by atoms with E-state index in [2.05, 4.69) is 22.0 Å². The van der Waals surface area contributed by atoms with Crippen LogP contribution in [0, 0.1) is 5.82 Å². The number of carbonyl (C=O) groups is 1. The minimum atomic E-state index is -0.338. The van der Waals surface area contributed by atoms with Gasteiger partial charge in [-0.25, -0.2) is 14.2 Å². The molecule has 0 N–H and O–H groups in total. The van der Waals surface area contributed by atoms with Gasteiger partial charge in [0, 0.05) is 26.2 Å². The number of pyridine rings is 1. The van der Waals surface area contributed by atoms with Crippen LogP contribution in [0.4, 0.5) is 15.0 Å². The highest BCUT2D eigenvalue weighted by atomic mass is 19.1. The summed E-state index contributed by atoms with van der Waals surface area (Å²) in [4.78, 5) is 20.3. The SMILES string of the molecule is O=C(OC1CC/C=C\CCC1)N1CCN(c2ccc(F)cn2)CC1. The third kappa shape index (κ3) is 4.46. The summed E-state index contributed by atoms with van der Waals surface area (Å²) in [5.41, 5.74) is 0. The summed E-state index contributed by atoms with van der Waals surface area (Å²) >= 11 is 0. The average molecular weight is 333 g/mol. The molecule has 1 aromatic heterocycles. The number of ether oxygens (including phenoxy) is 1. The molecule has 0 bridgehead atoms. The Kier molecular flexibility index (Phi) is 5.67. The zero-order valence-electron chi connectivity index (χ0n) is 13.9. The predicted molar refractivity (Wildman–Crippen MR) is 90.5 cm³/mol. The molecule has 1 aliphatic carbocycles. The fraction of sp³-hybridized carbons (Fsp3) is 0.556. The summed E-state index contributed by atoms with van der Waals surface area (Å²) in [6.45, 7) is 2.57. The number of hydrogen-bond acceptors (Lipinski definition) is 4. The molecule has 0 radical (unpaired) electrons. The van der Waals surface area contributed by atoms with Crippen molar-refractivity contribution in [3.05, 3.63) is 36.3 Å². The highest BCUT2D eigenvalue weighted by Gasteiger charge is 2.25. The second-order valence-corrected chi connectivity index (χ2v) is 6.29. The van der Waals surface area contributed by atoms with Crippen LogP contribution in [-0.4, -0.2) is 48.3 Å². The summed E-state index contributed by atoms with van der Waals surface area (Å²) in [6.07, 6.45) is 10.4. The van der Waals surface area contributed by atoms with Gasteiger partial charge in [0.15, 0.2) is 0 Å². The molecule has 1 fully saturated rings. The molecule has 1 amide bonds. The third-order valence-electron chi connectivity index (χ3n) is 4.56. The normalized spacial score (nSPS) is 23.3. The zero-order chi connectivity index (χ0) is 16.8. The van der Waals surface area contributed by atoms with Gasteiger partial charge in [0.2, 0.25) is 0 Å². The van der Waals surface area contributed by atoms with E-state index in [1.165, 1.54) is 12.3 Å². The molecule has 3 rings (SSSR count). The predicted octanol–water partition coefficient (Wildman–Crippen LogP) is 3.37. The Morgan fingerprint density at radius 2 is 1.92 bits per heavy atom. The first-order valence-electron chi connectivity index (χ1n) is 8.69. The quantitative estimate of drug-likeness (QED) is 0.779. The van der Waals surface area contributed by atoms with E-state index in [9.17, 15) is 9.18 Å². The molecule has 0 saturated carbocycles. The molecule has 24 heavy (non-hydrogen) atoms. The van der Waals surface area contributed by atoms with Crippen LogP contribution in [0.15, 0.2) is 30.5 Å². The van der Waals surface area contributed by atoms with E-state index in [1.54, 1.807) is 11.0 Å². The van der Waals surface area contributed by atoms with E-state index in [1.807, 2.05) is 0 Å². The molecule has 2 heterocycles. The first-order valence-corrected chi connectivity index (χ1v) is 8.69. The lowest BCUT2D eigenvalue weighted by Gasteiger charge is -2.35. The van der Waals surface area contributed by atoms with Crippen LogP contribution in [0.2, 0.25) is 0 Å². The topological polar surface area (TPSA) is 45.7 Å². The Labute approximate surface area is 142 Å². The number of allylic oxidation sites excluding steroid dienone is 2. The number of piperazine rings is 1. The summed E-state index contributed by atoms with van der Waals surface area (Å²) in [6, 6.07) is 3.08. The fourth-order valence-electron chi connectivity index (χ4n) is 3.13. The smallest absolute Gasteiger partial charge is 0.410 e. The van der Waals surface area contributed by atoms with Crippen LogP contribution >= 0.6 is 0 Å². The van der Waals surface area contributed by atoms with E-state index in [0.717, 1.165) is 37.9 Å². The highest BCUT2D eigenvalue weighted by molar-refractivity contribution is 5.68. The maximum Gasteiger partial charge on any atom is 0.410 e. The van der Waals surface area contributed by atoms with Crippen molar-refractivity contribution in [3.8, 4) is 0 Å². The van der Waals surface area contributed by atoms with Gasteiger partial charge in [-0.15, -0.1) is 0 Å². The summed E-state index contributed by atoms with van der Waals surface area (Å²) in [7, 11) is 0. The van der Waals surface area contributed by atoms with Crippen molar-refractivity contribution >= 4 is 11.9 Å². The Morgan fingerprint density at radius 1 is 1.12 bits per heavy atom. The fourth-order valence-corrected chi connectivity index (χ4v) is 3.13. The van der Waals surface area contributed by atoms with Gasteiger partial charge in [-0.1, -0.05) is 12.2 Å². The van der Waals surface area contributed by atoms with Gasteiger partial charge in [-0.05, 0) is 44.2 Å². The van der Waals surface area contributed by atoms with Gasteiger partial charge in [0.05, 0.1) is 6.20 Å². The summed E-state index contributed by atoms with van der Waals surface area (Å²) in [5.74, 6) is 0.409. The van der Waals surface area contributed by atoms with E-state index in [-0.39, 0.29) is 18.0 Å². The van der Waals surface area contributed by atoms with Crippen LogP contribution in [0.5, 0.6) is 0 Å². The van der Waals surface area contributed by atoms with Gasteiger partial charge in [0.1, 0.15) is 17.7 Å². The average Bonchev–Trinajstić information content (AvgIpc) is 2.58. The van der Waals surface area contributed by atoms with Gasteiger partial charge in [-0.2, -0.15) is 0 Å². The first kappa shape index (κ1) is 16.7. The molecule has 1 atom stereocenters. The number of halogens is 1. The van der Waals surface area contributed by atoms with Crippen LogP contribution in [0.25, 0.3) is 0 Å². The van der Waals surface area contributed by atoms with E-state index < -0.39 is 0 Å². The molecular weight excluding hydrogens is 309 g/mol. The Morgan fingerprint density at radius 3 is 2.67 bits per heavy atom. The largest absolute Gasteiger partial charge is 0.446 e. The van der Waals surface area contributed by atoms with Crippen molar-refractivity contribution in [1.82, 2.24) is 9.88 Å². The van der Waals surface area contributed by atoms with Crippen molar-refractivity contribution in [2.75, 3.05) is 31.1 Å². The van der Waals surface area contributed by atoms with Gasteiger partial charge < -0.3 is 14.5 Å². The molecule has 0 spiro atoms. The minimum absolute atomic E-state index is 0.0271. The Balaban J connectivity index is 1.47. The van der Waals surface area contributed by atoms with Gasteiger partial charge >= 0.3 is 6.09 Å². The number of aromatic nitrogens is 1. The van der Waals surface area contributed by atoms with E-state index in [4.69, 9.17) is 4.74 Å². The lowest BCUT2D eigenvalue weighted by Crippen LogP contribution is -2.49. The Hall–Kier alpha value is -2.11. The number of carbonyl (C=O) groups excluding carboxylic acids is 1. The molecular formula is C18H24FN3O2. The monoisotopic (exact) mass is 333 g/mol. The maximum atomic E-state index is 12.9. The van der Waals surface area contributed by atoms with Crippen molar-refractivity contribution < 1.29 is 13.9 Å². The van der Waals surface area contributed by atoms with Crippen molar-refractivity contribution in [3.63, 3.8) is 0 Å². The Bertz CT molecular complexity index is 568. The number of nitrogens with zero attached hydrogens (tertiary/aromatic N) is 3. The molecule has 1 aromatic rings. The highest BCUT2D eigenvalue weighted by Crippen LogP contribution is 2.18.